The number of hydrogen-bond donors (Lipinski definition) is 1. The maximum Gasteiger partial charge on any atom is 0.416 e. The van der Waals surface area contributed by atoms with Crippen molar-refractivity contribution in [1.29, 1.82) is 0 Å². The third-order valence-electron chi connectivity index (χ3n) is 5.14. The SMILES string of the molecule is CCOC(=O)c1nn(-c2ccc(C(F)(F)F)cc2)c(=O)c2c(NC(=O)c3ccc(OC)cc3)scc12. The quantitative estimate of drug-likeness (QED) is 0.365. The first-order chi connectivity index (χ1) is 17.1. The lowest BCUT2D eigenvalue weighted by molar-refractivity contribution is -0.137. The van der Waals surface area contributed by atoms with Gasteiger partial charge in [-0.3, -0.25) is 9.59 Å². The minimum absolute atomic E-state index is 0.000852. The average Bonchev–Trinajstić information content (AvgIpc) is 3.28. The van der Waals surface area contributed by atoms with E-state index in [0.29, 0.717) is 11.3 Å². The number of alkyl halides is 3. The monoisotopic (exact) mass is 517 g/mol. The first-order valence-electron chi connectivity index (χ1n) is 10.5. The molecule has 12 heteroatoms. The second kappa shape index (κ2) is 9.82. The highest BCUT2D eigenvalue weighted by atomic mass is 32.1. The van der Waals surface area contributed by atoms with Gasteiger partial charge in [-0.2, -0.15) is 23.0 Å². The fourth-order valence-corrected chi connectivity index (χ4v) is 4.31. The molecule has 0 radical (unpaired) electrons. The summed E-state index contributed by atoms with van der Waals surface area (Å²) >= 11 is 1.00. The number of aromatic nitrogens is 2. The van der Waals surface area contributed by atoms with Gasteiger partial charge in [-0.15, -0.1) is 11.3 Å². The number of carbonyl (C=O) groups excluding carboxylic acids is 2. The van der Waals surface area contributed by atoms with Crippen LogP contribution in [0.15, 0.2) is 58.7 Å². The van der Waals surface area contributed by atoms with Crippen molar-refractivity contribution in [2.75, 3.05) is 19.0 Å². The van der Waals surface area contributed by atoms with Crippen LogP contribution >= 0.6 is 11.3 Å². The number of nitrogens with one attached hydrogen (secondary N) is 1. The molecule has 0 atom stereocenters. The molecule has 2 heterocycles. The zero-order valence-corrected chi connectivity index (χ0v) is 19.7. The molecule has 4 rings (SSSR count). The summed E-state index contributed by atoms with van der Waals surface area (Å²) in [5.74, 6) is -0.789. The van der Waals surface area contributed by atoms with Gasteiger partial charge < -0.3 is 14.8 Å². The Labute approximate surface area is 205 Å². The van der Waals surface area contributed by atoms with E-state index >= 15 is 0 Å². The number of halogens is 3. The van der Waals surface area contributed by atoms with Crippen LogP contribution in [0.4, 0.5) is 18.2 Å². The predicted molar refractivity (Wildman–Crippen MR) is 127 cm³/mol. The highest BCUT2D eigenvalue weighted by Gasteiger charge is 2.30. The van der Waals surface area contributed by atoms with Gasteiger partial charge in [0, 0.05) is 16.3 Å². The van der Waals surface area contributed by atoms with Gasteiger partial charge in [0.15, 0.2) is 5.69 Å². The molecule has 0 fully saturated rings. The number of anilines is 1. The van der Waals surface area contributed by atoms with Crippen LogP contribution in [0.3, 0.4) is 0 Å². The van der Waals surface area contributed by atoms with Crippen molar-refractivity contribution in [3.63, 3.8) is 0 Å². The van der Waals surface area contributed by atoms with E-state index in [0.717, 1.165) is 40.3 Å². The number of hydrogen-bond acceptors (Lipinski definition) is 7. The number of methoxy groups -OCH3 is 1. The van der Waals surface area contributed by atoms with Crippen molar-refractivity contribution in [1.82, 2.24) is 9.78 Å². The lowest BCUT2D eigenvalue weighted by Crippen LogP contribution is -2.25. The lowest BCUT2D eigenvalue weighted by Gasteiger charge is -2.11. The van der Waals surface area contributed by atoms with Gasteiger partial charge in [0.2, 0.25) is 0 Å². The van der Waals surface area contributed by atoms with Crippen LogP contribution < -0.4 is 15.6 Å². The molecule has 0 spiro atoms. The minimum Gasteiger partial charge on any atom is -0.497 e. The summed E-state index contributed by atoms with van der Waals surface area (Å²) in [7, 11) is 1.49. The molecule has 0 aliphatic heterocycles. The number of ether oxygens (including phenoxy) is 2. The van der Waals surface area contributed by atoms with E-state index in [-0.39, 0.29) is 33.8 Å². The first-order valence-corrected chi connectivity index (χ1v) is 11.4. The third kappa shape index (κ3) is 4.80. The van der Waals surface area contributed by atoms with Crippen molar-refractivity contribution < 1.29 is 32.2 Å². The summed E-state index contributed by atoms with van der Waals surface area (Å²) in [6.07, 6.45) is -4.57. The number of benzene rings is 2. The molecule has 0 aliphatic carbocycles. The van der Waals surface area contributed by atoms with Crippen molar-refractivity contribution in [3.8, 4) is 11.4 Å². The number of rotatable bonds is 6. The first kappa shape index (κ1) is 24.9. The number of esters is 1. The molecular weight excluding hydrogens is 499 g/mol. The average molecular weight is 517 g/mol. The minimum atomic E-state index is -4.57. The summed E-state index contributed by atoms with van der Waals surface area (Å²) in [5.41, 5.74) is -1.57. The van der Waals surface area contributed by atoms with E-state index < -0.39 is 29.2 Å². The second-order valence-corrected chi connectivity index (χ2v) is 8.25. The lowest BCUT2D eigenvalue weighted by atomic mass is 10.2. The van der Waals surface area contributed by atoms with Gasteiger partial charge in [0.25, 0.3) is 11.5 Å². The van der Waals surface area contributed by atoms with Gasteiger partial charge in [0.1, 0.15) is 10.8 Å². The van der Waals surface area contributed by atoms with Crippen molar-refractivity contribution in [3.05, 3.63) is 81.1 Å². The van der Waals surface area contributed by atoms with Gasteiger partial charge in [-0.05, 0) is 55.5 Å². The molecule has 2 aromatic carbocycles. The summed E-state index contributed by atoms with van der Waals surface area (Å²) < 4.78 is 49.9. The fourth-order valence-electron chi connectivity index (χ4n) is 3.38. The number of fused-ring (bicyclic) bond motifs is 1. The van der Waals surface area contributed by atoms with Crippen molar-refractivity contribution >= 4 is 39.0 Å². The van der Waals surface area contributed by atoms with Crippen LogP contribution in [0.2, 0.25) is 0 Å². The summed E-state index contributed by atoms with van der Waals surface area (Å²) in [6.45, 7) is 1.63. The number of amides is 1. The van der Waals surface area contributed by atoms with E-state index in [9.17, 15) is 27.6 Å². The van der Waals surface area contributed by atoms with Crippen LogP contribution in [-0.2, 0) is 10.9 Å². The second-order valence-electron chi connectivity index (χ2n) is 7.37. The molecule has 4 aromatic rings. The Morgan fingerprint density at radius 2 is 1.75 bits per heavy atom. The molecule has 1 N–H and O–H groups in total. The Morgan fingerprint density at radius 3 is 2.33 bits per heavy atom. The summed E-state index contributed by atoms with van der Waals surface area (Å²) in [4.78, 5) is 38.8. The molecule has 0 aliphatic rings. The van der Waals surface area contributed by atoms with Crippen molar-refractivity contribution in [2.24, 2.45) is 0 Å². The highest BCUT2D eigenvalue weighted by Crippen LogP contribution is 2.32. The molecule has 2 aromatic heterocycles. The molecule has 0 saturated carbocycles. The zero-order chi connectivity index (χ0) is 26.0. The molecular formula is C24H18F3N3O5S. The Balaban J connectivity index is 1.83. The Bertz CT molecular complexity index is 1490. The van der Waals surface area contributed by atoms with Crippen LogP contribution in [-0.4, -0.2) is 35.4 Å². The molecule has 36 heavy (non-hydrogen) atoms. The molecule has 186 valence electrons. The summed E-state index contributed by atoms with van der Waals surface area (Å²) in [5, 5.41) is 8.49. The standard InChI is InChI=1S/C24H18F3N3O5S/c1-3-35-23(33)19-17-12-36-21(28-20(31)13-4-10-16(34-2)11-5-13)18(17)22(32)30(29-19)15-8-6-14(7-9-15)24(25,26)27/h4-12H,3H2,1-2H3,(H,28,31). The van der Waals surface area contributed by atoms with E-state index in [1.54, 1.807) is 19.1 Å². The molecule has 1 amide bonds. The highest BCUT2D eigenvalue weighted by molar-refractivity contribution is 7.16. The fraction of sp³-hybridized carbons (Fsp3) is 0.167. The maximum atomic E-state index is 13.4. The smallest absolute Gasteiger partial charge is 0.416 e. The number of carbonyl (C=O) groups is 2. The third-order valence-corrected chi connectivity index (χ3v) is 6.04. The van der Waals surface area contributed by atoms with Crippen LogP contribution in [0.5, 0.6) is 5.75 Å². The van der Waals surface area contributed by atoms with Crippen LogP contribution in [0, 0.1) is 0 Å². The van der Waals surface area contributed by atoms with Crippen LogP contribution in [0.25, 0.3) is 16.5 Å². The van der Waals surface area contributed by atoms with E-state index in [1.165, 1.54) is 24.6 Å². The zero-order valence-electron chi connectivity index (χ0n) is 18.9. The molecule has 0 bridgehead atoms. The topological polar surface area (TPSA) is 99.5 Å². The van der Waals surface area contributed by atoms with E-state index in [1.807, 2.05) is 0 Å². The summed E-state index contributed by atoms with van der Waals surface area (Å²) in [6, 6.07) is 10.0. The normalized spacial score (nSPS) is 11.4. The molecule has 8 nitrogen and oxygen atoms in total. The van der Waals surface area contributed by atoms with E-state index in [2.05, 4.69) is 10.4 Å². The van der Waals surface area contributed by atoms with Crippen LogP contribution in [0.1, 0.15) is 33.3 Å². The van der Waals surface area contributed by atoms with Gasteiger partial charge in [0.05, 0.1) is 30.4 Å². The number of nitrogens with zero attached hydrogens (tertiary/aromatic N) is 2. The van der Waals surface area contributed by atoms with Gasteiger partial charge in [-0.1, -0.05) is 0 Å². The van der Waals surface area contributed by atoms with Gasteiger partial charge in [-0.25, -0.2) is 4.79 Å². The largest absolute Gasteiger partial charge is 0.497 e. The molecule has 0 unspecified atom stereocenters. The number of thiophene rings is 1. The van der Waals surface area contributed by atoms with Gasteiger partial charge >= 0.3 is 12.1 Å². The van der Waals surface area contributed by atoms with Crippen molar-refractivity contribution in [2.45, 2.75) is 13.1 Å². The van der Waals surface area contributed by atoms with E-state index in [4.69, 9.17) is 9.47 Å². The predicted octanol–water partition coefficient (Wildman–Crippen LogP) is 4.90. The Morgan fingerprint density at radius 1 is 1.08 bits per heavy atom. The molecule has 0 saturated heterocycles. The maximum absolute atomic E-state index is 13.4. The Kier molecular flexibility index (Phi) is 6.80. The Hall–Kier alpha value is -4.19.